The van der Waals surface area contributed by atoms with E-state index >= 15 is 0 Å². The number of hydrogen-bond donors (Lipinski definition) is 1. The van der Waals surface area contributed by atoms with E-state index in [9.17, 15) is 4.79 Å². The third kappa shape index (κ3) is 4.12. The van der Waals surface area contributed by atoms with Crippen molar-refractivity contribution in [3.05, 3.63) is 57.5 Å². The van der Waals surface area contributed by atoms with Gasteiger partial charge in [0.25, 0.3) is 5.91 Å². The second-order valence-corrected chi connectivity index (χ2v) is 5.10. The average molecular weight is 321 g/mol. The highest BCUT2D eigenvalue weighted by atomic mass is 35.5. The molecule has 21 heavy (non-hydrogen) atoms. The first-order valence-corrected chi connectivity index (χ1v) is 6.69. The van der Waals surface area contributed by atoms with Crippen molar-refractivity contribution >= 4 is 40.9 Å². The quantitative estimate of drug-likeness (QED) is 0.671. The normalized spacial score (nSPS) is 11.0. The molecule has 0 aliphatic rings. The molecule has 0 saturated carbocycles. The van der Waals surface area contributed by atoms with E-state index in [1.165, 1.54) is 18.2 Å². The predicted molar refractivity (Wildman–Crippen MR) is 82.1 cm³/mol. The number of benzene rings is 1. The molecule has 4 nitrogen and oxygen atoms in total. The summed E-state index contributed by atoms with van der Waals surface area (Å²) in [5, 5.41) is 12.4. The Bertz CT molecular complexity index is 737. The largest absolute Gasteiger partial charge is 0.462 e. The van der Waals surface area contributed by atoms with Crippen molar-refractivity contribution in [3.63, 3.8) is 0 Å². The van der Waals surface area contributed by atoms with Crippen molar-refractivity contribution in [2.24, 2.45) is 0 Å². The standard InChI is InChI=1S/C15H10Cl2N2O2/c1-9-2-3-14(21-9)4-10(8-18)15(20)19-13-6-11(16)5-12(17)7-13/h2-7H,1H3,(H,19,20)/b10-4+. The van der Waals surface area contributed by atoms with E-state index in [0.29, 0.717) is 27.3 Å². The number of carbonyl (C=O) groups is 1. The first-order chi connectivity index (χ1) is 9.97. The van der Waals surface area contributed by atoms with Crippen molar-refractivity contribution < 1.29 is 9.21 Å². The van der Waals surface area contributed by atoms with E-state index in [2.05, 4.69) is 5.32 Å². The van der Waals surface area contributed by atoms with Crippen LogP contribution in [0.25, 0.3) is 6.08 Å². The Morgan fingerprint density at radius 1 is 1.29 bits per heavy atom. The summed E-state index contributed by atoms with van der Waals surface area (Å²) in [4.78, 5) is 12.0. The van der Waals surface area contributed by atoms with Gasteiger partial charge in [-0.2, -0.15) is 5.26 Å². The first kappa shape index (κ1) is 15.2. The molecule has 2 aromatic rings. The van der Waals surface area contributed by atoms with Crippen LogP contribution < -0.4 is 5.32 Å². The monoisotopic (exact) mass is 320 g/mol. The molecule has 0 aliphatic carbocycles. The Kier molecular flexibility index (Phi) is 4.69. The number of nitriles is 1. The van der Waals surface area contributed by atoms with Gasteiger partial charge in [-0.3, -0.25) is 4.79 Å². The molecule has 2 rings (SSSR count). The fourth-order valence-electron chi connectivity index (χ4n) is 1.65. The van der Waals surface area contributed by atoms with Crippen LogP contribution in [0.4, 0.5) is 5.69 Å². The maximum atomic E-state index is 12.0. The maximum absolute atomic E-state index is 12.0. The molecule has 1 heterocycles. The second kappa shape index (κ2) is 6.49. The Morgan fingerprint density at radius 3 is 2.48 bits per heavy atom. The zero-order valence-corrected chi connectivity index (χ0v) is 12.5. The first-order valence-electron chi connectivity index (χ1n) is 5.93. The number of nitrogens with zero attached hydrogens (tertiary/aromatic N) is 1. The van der Waals surface area contributed by atoms with Crippen molar-refractivity contribution in [2.45, 2.75) is 6.92 Å². The number of carbonyl (C=O) groups excluding carboxylic acids is 1. The number of hydrogen-bond acceptors (Lipinski definition) is 3. The molecule has 0 radical (unpaired) electrons. The molecule has 0 spiro atoms. The van der Waals surface area contributed by atoms with Crippen molar-refractivity contribution in [1.29, 1.82) is 5.26 Å². The number of halogens is 2. The van der Waals surface area contributed by atoms with Crippen LogP contribution in [0.15, 0.2) is 40.3 Å². The minimum atomic E-state index is -0.565. The van der Waals surface area contributed by atoms with Gasteiger partial charge in [0.1, 0.15) is 23.2 Å². The van der Waals surface area contributed by atoms with Gasteiger partial charge in [0.2, 0.25) is 0 Å². The van der Waals surface area contributed by atoms with Crippen LogP contribution in [0.2, 0.25) is 10.0 Å². The van der Waals surface area contributed by atoms with Gasteiger partial charge in [0.05, 0.1) is 0 Å². The van der Waals surface area contributed by atoms with E-state index in [0.717, 1.165) is 0 Å². The third-order valence-electron chi connectivity index (χ3n) is 2.53. The molecule has 0 saturated heterocycles. The second-order valence-electron chi connectivity index (χ2n) is 4.23. The van der Waals surface area contributed by atoms with Crippen molar-refractivity contribution in [3.8, 4) is 6.07 Å². The average Bonchev–Trinajstić information content (AvgIpc) is 2.80. The van der Waals surface area contributed by atoms with Gasteiger partial charge in [-0.15, -0.1) is 0 Å². The number of nitrogens with one attached hydrogen (secondary N) is 1. The summed E-state index contributed by atoms with van der Waals surface area (Å²) in [5.74, 6) is 0.564. The lowest BCUT2D eigenvalue weighted by Crippen LogP contribution is -2.13. The van der Waals surface area contributed by atoms with E-state index in [1.54, 1.807) is 25.1 Å². The Hall–Kier alpha value is -2.22. The lowest BCUT2D eigenvalue weighted by molar-refractivity contribution is -0.112. The maximum Gasteiger partial charge on any atom is 0.266 e. The van der Waals surface area contributed by atoms with Gasteiger partial charge >= 0.3 is 0 Å². The molecule has 0 fully saturated rings. The SMILES string of the molecule is Cc1ccc(/C=C(\C#N)C(=O)Nc2cc(Cl)cc(Cl)c2)o1. The summed E-state index contributed by atoms with van der Waals surface area (Å²) in [6.45, 7) is 1.78. The topological polar surface area (TPSA) is 66.0 Å². The van der Waals surface area contributed by atoms with Gasteiger partial charge in [-0.25, -0.2) is 0 Å². The molecule has 1 amide bonds. The molecule has 1 aromatic heterocycles. The van der Waals surface area contributed by atoms with Crippen LogP contribution in [0.5, 0.6) is 0 Å². The van der Waals surface area contributed by atoms with Gasteiger partial charge in [0, 0.05) is 21.8 Å². The van der Waals surface area contributed by atoms with Crippen LogP contribution >= 0.6 is 23.2 Å². The van der Waals surface area contributed by atoms with Crippen molar-refractivity contribution in [2.75, 3.05) is 5.32 Å². The Balaban J connectivity index is 2.21. The van der Waals surface area contributed by atoms with Crippen molar-refractivity contribution in [1.82, 2.24) is 0 Å². The smallest absolute Gasteiger partial charge is 0.266 e. The fourth-order valence-corrected chi connectivity index (χ4v) is 2.17. The molecule has 0 atom stereocenters. The summed E-state index contributed by atoms with van der Waals surface area (Å²) in [5.41, 5.74) is 0.328. The minimum absolute atomic E-state index is 0.0829. The van der Waals surface area contributed by atoms with E-state index < -0.39 is 5.91 Å². The minimum Gasteiger partial charge on any atom is -0.462 e. The third-order valence-corrected chi connectivity index (χ3v) is 2.97. The molecular formula is C15H10Cl2N2O2. The summed E-state index contributed by atoms with van der Waals surface area (Å²) in [6, 6.07) is 9.88. The van der Waals surface area contributed by atoms with Crippen LogP contribution in [0, 0.1) is 18.3 Å². The molecule has 6 heteroatoms. The van der Waals surface area contributed by atoms with Crippen LogP contribution in [-0.2, 0) is 4.79 Å². The molecule has 106 valence electrons. The van der Waals surface area contributed by atoms with Crippen LogP contribution in [0.3, 0.4) is 0 Å². The molecule has 1 aromatic carbocycles. The summed E-state index contributed by atoms with van der Waals surface area (Å²) < 4.78 is 5.30. The predicted octanol–water partition coefficient (Wildman–Crippen LogP) is 4.44. The van der Waals surface area contributed by atoms with Gasteiger partial charge in [0.15, 0.2) is 0 Å². The number of furan rings is 1. The van der Waals surface area contributed by atoms with Crippen LogP contribution in [-0.4, -0.2) is 5.91 Å². The summed E-state index contributed by atoms with van der Waals surface area (Å²) in [7, 11) is 0. The van der Waals surface area contributed by atoms with Gasteiger partial charge in [-0.05, 0) is 37.3 Å². The van der Waals surface area contributed by atoms with E-state index in [1.807, 2.05) is 6.07 Å². The summed E-state index contributed by atoms with van der Waals surface area (Å²) in [6.07, 6.45) is 1.37. The van der Waals surface area contributed by atoms with Gasteiger partial charge in [-0.1, -0.05) is 23.2 Å². The summed E-state index contributed by atoms with van der Waals surface area (Å²) >= 11 is 11.7. The lowest BCUT2D eigenvalue weighted by atomic mass is 10.2. The Morgan fingerprint density at radius 2 is 1.95 bits per heavy atom. The number of amides is 1. The van der Waals surface area contributed by atoms with E-state index in [-0.39, 0.29) is 5.57 Å². The number of anilines is 1. The molecular weight excluding hydrogens is 311 g/mol. The van der Waals surface area contributed by atoms with Gasteiger partial charge < -0.3 is 9.73 Å². The molecule has 1 N–H and O–H groups in total. The number of rotatable bonds is 3. The highest BCUT2D eigenvalue weighted by Crippen LogP contribution is 2.23. The highest BCUT2D eigenvalue weighted by molar-refractivity contribution is 6.35. The lowest BCUT2D eigenvalue weighted by Gasteiger charge is -2.05. The molecule has 0 unspecified atom stereocenters. The highest BCUT2D eigenvalue weighted by Gasteiger charge is 2.11. The molecule has 0 bridgehead atoms. The van der Waals surface area contributed by atoms with Crippen LogP contribution in [0.1, 0.15) is 11.5 Å². The Labute approximate surface area is 131 Å². The fraction of sp³-hybridized carbons (Fsp3) is 0.0667. The zero-order chi connectivity index (χ0) is 15.4. The van der Waals surface area contributed by atoms with E-state index in [4.69, 9.17) is 32.9 Å². The number of aryl methyl sites for hydroxylation is 1. The zero-order valence-electron chi connectivity index (χ0n) is 11.0. The molecule has 0 aliphatic heterocycles.